The lowest BCUT2D eigenvalue weighted by Gasteiger charge is -2.31. The summed E-state index contributed by atoms with van der Waals surface area (Å²) in [6.07, 6.45) is -8.47. The minimum atomic E-state index is -2.29. The van der Waals surface area contributed by atoms with Crippen LogP contribution in [0.5, 0.6) is 5.75 Å². The van der Waals surface area contributed by atoms with Gasteiger partial charge in [-0.2, -0.15) is 0 Å². The Bertz CT molecular complexity index is 5110. The number of hydrogen-bond acceptors (Lipinski definition) is 28. The molecule has 0 unspecified atom stereocenters. The summed E-state index contributed by atoms with van der Waals surface area (Å²) in [5.74, 6) is -31.0. The largest absolute Gasteiger partial charge is 0.508 e. The summed E-state index contributed by atoms with van der Waals surface area (Å²) in [5, 5.41) is 120. The number of nitrogens with two attached hydrogens (primary N) is 2. The Morgan fingerprint density at radius 1 is 0.359 bits per heavy atom. The molecule has 3 aromatic carbocycles. The number of benzene rings is 3. The molecule has 18 amide bonds. The van der Waals surface area contributed by atoms with E-state index < -0.39 is 328 Å². The van der Waals surface area contributed by atoms with E-state index in [2.05, 4.69) is 63.8 Å². The van der Waals surface area contributed by atoms with E-state index in [1.807, 2.05) is 16.0 Å². The van der Waals surface area contributed by atoms with Crippen LogP contribution in [0.4, 0.5) is 0 Å². The summed E-state index contributed by atoms with van der Waals surface area (Å²) in [5.41, 5.74) is 13.0. The highest BCUT2D eigenvalue weighted by atomic mass is 16.4. The van der Waals surface area contributed by atoms with E-state index in [9.17, 15) is 156 Å². The highest BCUT2D eigenvalue weighted by Crippen LogP contribution is 2.25. The van der Waals surface area contributed by atoms with Crippen LogP contribution in [-0.2, 0) is 139 Å². The molecule has 0 spiro atoms. The van der Waals surface area contributed by atoms with Crippen molar-refractivity contribution in [3.63, 3.8) is 0 Å². The van der Waals surface area contributed by atoms with Crippen molar-refractivity contribution in [1.29, 1.82) is 0 Å². The molecule has 2 heterocycles. The zero-order chi connectivity index (χ0) is 109. The maximum Gasteiger partial charge on any atom is 0.326 e. The predicted molar refractivity (Wildman–Crippen MR) is 502 cm³/mol. The van der Waals surface area contributed by atoms with Gasteiger partial charge in [0.1, 0.15) is 102 Å². The number of carboxylic acids is 7. The number of rotatable bonds is 59. The first kappa shape index (κ1) is 121. The molecule has 0 saturated carbocycles. The number of aliphatic hydroxyl groups is 1. The lowest BCUT2D eigenvalue weighted by Crippen LogP contribution is -2.61. The fourth-order valence-corrected chi connectivity index (χ4v) is 14.8. The third-order valence-corrected chi connectivity index (χ3v) is 22.5. The fraction of sp³-hybridized carbons (Fsp3) is 0.533. The Morgan fingerprint density at radius 3 is 1.05 bits per heavy atom. The van der Waals surface area contributed by atoms with Crippen LogP contribution in [0.2, 0.25) is 0 Å². The third kappa shape index (κ3) is 43.2. The van der Waals surface area contributed by atoms with Gasteiger partial charge in [0.15, 0.2) is 0 Å². The molecule has 2 saturated heterocycles. The van der Waals surface area contributed by atoms with Gasteiger partial charge in [-0.1, -0.05) is 100 Å². The van der Waals surface area contributed by atoms with Crippen molar-refractivity contribution >= 4 is 148 Å². The SMILES string of the molecule is CC(=O)O.CC(C)C[C@H](NC(=O)[C@@H]1CCCN1C(=O)[C@H](Cc1ccccc1)NC(=O)[C@H](C)NC(=O)[C@H](CCC(=O)O)NC(=O)[C@H](C)NC(=O)[C@H](CO)NC(=O)[C@H](CCC(=O)O)NC(=O)[C@H](CC(=O)O)NC(=O)[C@H](CCC(=O)O)NC(=O)[C@H](C)NC(=O)CNC(=O)[C@H](CC(N)=O)NC(=O)[C@@H]1CCCN1C(=O)[C@H](Cc1ccc(O)cc1)NC(=O)[C@@H](N)C(C)C)C(=O)N[C@@H](CCC(=O)O)C(=O)N[C@@H](Cc1ccccc1)C(=O)O. The predicted octanol–water partition coefficient (Wildman–Crippen LogP) is -6.63. The van der Waals surface area contributed by atoms with Crippen LogP contribution >= 0.6 is 0 Å². The second-order valence-electron chi connectivity index (χ2n) is 35.2. The van der Waals surface area contributed by atoms with E-state index in [0.29, 0.717) is 16.7 Å². The fourth-order valence-electron chi connectivity index (χ4n) is 14.8. The molecule has 3 aromatic rings. The summed E-state index contributed by atoms with van der Waals surface area (Å²) in [7, 11) is 0. The number of aliphatic carboxylic acids is 7. The second kappa shape index (κ2) is 60.4. The second-order valence-corrected chi connectivity index (χ2v) is 35.2. The van der Waals surface area contributed by atoms with E-state index in [1.54, 1.807) is 88.4 Å². The van der Waals surface area contributed by atoms with Crippen LogP contribution in [0, 0.1) is 11.8 Å². The molecule has 796 valence electrons. The zero-order valence-corrected chi connectivity index (χ0v) is 80.9. The monoisotopic (exact) mass is 2040 g/mol. The molecular formula is C92H129N19O34. The van der Waals surface area contributed by atoms with E-state index in [4.69, 9.17) is 21.4 Å². The molecule has 0 radical (unpaired) electrons. The molecule has 0 aromatic heterocycles. The highest BCUT2D eigenvalue weighted by Gasteiger charge is 2.44. The van der Waals surface area contributed by atoms with Crippen molar-refractivity contribution in [3.8, 4) is 5.75 Å². The average molecular weight is 2050 g/mol. The van der Waals surface area contributed by atoms with Crippen molar-refractivity contribution in [2.75, 3.05) is 26.2 Å². The van der Waals surface area contributed by atoms with Crippen molar-refractivity contribution in [2.45, 2.75) is 274 Å². The smallest absolute Gasteiger partial charge is 0.326 e. The van der Waals surface area contributed by atoms with Gasteiger partial charge in [0.2, 0.25) is 106 Å². The van der Waals surface area contributed by atoms with Crippen LogP contribution in [-0.4, -0.2) is 333 Å². The van der Waals surface area contributed by atoms with Gasteiger partial charge in [0, 0.05) is 65.0 Å². The first-order chi connectivity index (χ1) is 68.1. The van der Waals surface area contributed by atoms with Crippen molar-refractivity contribution in [1.82, 2.24) is 89.6 Å². The number of likely N-dealkylation sites (tertiary alicyclic amines) is 2. The normalized spacial score (nSPS) is 16.1. The first-order valence-corrected chi connectivity index (χ1v) is 46.2. The Balaban J connectivity index is 0.0000107. The average Bonchev–Trinajstić information content (AvgIpc) is 1.70. The van der Waals surface area contributed by atoms with Gasteiger partial charge in [0.05, 0.1) is 32.0 Å². The van der Waals surface area contributed by atoms with Crippen LogP contribution in [0.1, 0.15) is 168 Å². The number of phenolic OH excluding ortho intramolecular Hbond substituents is 1. The maximum absolute atomic E-state index is 14.8. The molecule has 2 aliphatic heterocycles. The molecule has 2 aliphatic rings. The summed E-state index contributed by atoms with van der Waals surface area (Å²) < 4.78 is 0. The molecule has 0 bridgehead atoms. The van der Waals surface area contributed by atoms with Gasteiger partial charge in [0.25, 0.3) is 5.97 Å². The number of carbonyl (C=O) groups excluding carboxylic acids is 18. The quantitative estimate of drug-likeness (QED) is 0.0250. The number of carbonyl (C=O) groups is 25. The molecule has 53 heteroatoms. The van der Waals surface area contributed by atoms with Gasteiger partial charge < -0.3 is 147 Å². The molecule has 53 nitrogen and oxygen atoms in total. The Morgan fingerprint density at radius 2 is 0.676 bits per heavy atom. The zero-order valence-electron chi connectivity index (χ0n) is 80.9. The molecule has 0 aliphatic carbocycles. The first-order valence-electron chi connectivity index (χ1n) is 46.2. The van der Waals surface area contributed by atoms with E-state index >= 15 is 0 Å². The summed E-state index contributed by atoms with van der Waals surface area (Å²) in [6.45, 7) is 8.66. The van der Waals surface area contributed by atoms with Crippen LogP contribution in [0.3, 0.4) is 0 Å². The topological polar surface area (TPSA) is 848 Å². The van der Waals surface area contributed by atoms with E-state index in [-0.39, 0.29) is 82.0 Å². The number of aromatic hydroxyl groups is 1. The Kier molecular flexibility index (Phi) is 50.6. The van der Waals surface area contributed by atoms with Crippen molar-refractivity contribution < 1.29 is 166 Å². The molecule has 2 fully saturated rings. The maximum atomic E-state index is 14.8. The molecule has 17 atom stereocenters. The molecular weight excluding hydrogens is 1920 g/mol. The number of hydrogen-bond donors (Lipinski definition) is 26. The van der Waals surface area contributed by atoms with Gasteiger partial charge in [-0.15, -0.1) is 0 Å². The Hall–Kier alpha value is -15.9. The van der Waals surface area contributed by atoms with Gasteiger partial charge in [-0.3, -0.25) is 115 Å². The number of nitrogens with zero attached hydrogens (tertiary/aromatic N) is 2. The number of amides is 18. The third-order valence-electron chi connectivity index (χ3n) is 22.5. The van der Waals surface area contributed by atoms with Crippen molar-refractivity contribution in [2.24, 2.45) is 23.3 Å². The van der Waals surface area contributed by atoms with Crippen LogP contribution < -0.4 is 91.2 Å². The molecule has 28 N–H and O–H groups in total. The van der Waals surface area contributed by atoms with Gasteiger partial charge in [-0.05, 0) is 119 Å². The number of aliphatic hydroxyl groups excluding tert-OH is 1. The summed E-state index contributed by atoms with van der Waals surface area (Å²) in [6, 6.07) is -6.14. The van der Waals surface area contributed by atoms with E-state index in [0.717, 1.165) is 37.5 Å². The number of carboxylic acid groups (broad SMARTS) is 7. The van der Waals surface area contributed by atoms with Gasteiger partial charge >= 0.3 is 35.8 Å². The summed E-state index contributed by atoms with van der Waals surface area (Å²) in [4.78, 5) is 333. The number of primary amides is 1. The molecule has 145 heavy (non-hydrogen) atoms. The van der Waals surface area contributed by atoms with Crippen LogP contribution in [0.15, 0.2) is 84.9 Å². The van der Waals surface area contributed by atoms with Crippen LogP contribution in [0.25, 0.3) is 0 Å². The minimum absolute atomic E-state index is 0.00134. The van der Waals surface area contributed by atoms with E-state index in [1.165, 1.54) is 24.3 Å². The lowest BCUT2D eigenvalue weighted by molar-refractivity contribution is -0.143. The lowest BCUT2D eigenvalue weighted by atomic mass is 10.0. The summed E-state index contributed by atoms with van der Waals surface area (Å²) >= 11 is 0. The van der Waals surface area contributed by atoms with Crippen molar-refractivity contribution in [3.05, 3.63) is 102 Å². The minimum Gasteiger partial charge on any atom is -0.508 e. The Labute approximate surface area is 830 Å². The number of phenols is 1. The standard InChI is InChI=1S/C90H125N19O32.C2H4O2/c1-44(2)36-57(82(132)99-55(28-32-70(118)119)80(130)106-62(90(140)141)39-50-18-12-9-13-19-50)102-85(135)64-20-14-34-108(64)88(138)60(37-49-16-10-8-11-17-49)104-76(126)48(7)95-78(128)53(26-30-68(114)115)97-75(125)47(6)96-84(134)63(43-110)107-81(131)56(29-33-71(120)121)100-83(133)59(41-72(122)123)101-79(129)54(27-31-69(116)117)98-74(124)46(5)94-67(113)42-93-77(127)58(40-66(91)112)103-86(136)65-21-15-35-109(65)89(139)61(105-87(137)73(92)45(3)4)38-51-22-24-52(111)25-23-51;1-2(3)4/h8-13,16-19,22-25,44-48,53-65,73,110-111H,14-15,20-21,26-43,92H2,1-7H3,(H2,91,112)(H,93,127)(H,94,113)(H,95,128)(H,96,134)(H,97,125)(H,98,124)(H,99,132)(H,100,133)(H,101,129)(H,102,135)(H,103,136)(H,104,126)(H,105,137)(H,106,130)(H,107,131)(H,114,115)(H,116,117)(H,118,119)(H,120,121)(H,122,123)(H,140,141);1H3,(H,3,4)/t46-,47-,48-,53-,54-,55-,56-,57-,58-,59-,60-,61-,62-,63-,64-,65-,73-;/m0./s1. The number of nitrogens with one attached hydrogen (secondary N) is 15. The molecule has 5 rings (SSSR count). The highest BCUT2D eigenvalue weighted by molar-refractivity contribution is 6.03. The van der Waals surface area contributed by atoms with Gasteiger partial charge in [-0.25, -0.2) is 4.79 Å².